The van der Waals surface area contributed by atoms with Crippen LogP contribution in [-0.2, 0) is 15.1 Å². The molecule has 1 aliphatic rings. The number of amidine groups is 1. The molecule has 1 atom stereocenters. The van der Waals surface area contributed by atoms with Crippen molar-refractivity contribution in [2.75, 3.05) is 20.3 Å². The van der Waals surface area contributed by atoms with Gasteiger partial charge in [0.15, 0.2) is 5.54 Å². The zero-order valence-corrected chi connectivity index (χ0v) is 17.9. The number of ether oxygens (including phenoxy) is 3. The molecule has 3 N–H and O–H groups in total. The molecule has 0 saturated heterocycles. The zero-order valence-electron chi connectivity index (χ0n) is 17.9. The highest BCUT2D eigenvalue weighted by molar-refractivity contribution is 5.76. The molecule has 8 nitrogen and oxygen atoms in total. The number of hydrogen-bond donors (Lipinski definition) is 2. The molecule has 0 fully saturated rings. The van der Waals surface area contributed by atoms with Crippen LogP contribution in [-0.4, -0.2) is 42.9 Å². The van der Waals surface area contributed by atoms with E-state index in [0.29, 0.717) is 19.0 Å². The highest BCUT2D eigenvalue weighted by Crippen LogP contribution is 2.39. The highest BCUT2D eigenvalue weighted by Gasteiger charge is 2.40. The Morgan fingerprint density at radius 1 is 1.09 bits per heavy atom. The molecule has 4 rings (SSSR count). The maximum absolute atomic E-state index is 8.36. The third kappa shape index (κ3) is 4.80. The number of aliphatic imine (C=N–C) groups is 1. The van der Waals surface area contributed by atoms with E-state index in [-0.39, 0.29) is 12.5 Å². The molecule has 0 bridgehead atoms. The summed E-state index contributed by atoms with van der Waals surface area (Å²) in [6.07, 6.45) is 3.50. The summed E-state index contributed by atoms with van der Waals surface area (Å²) in [5.41, 5.74) is 9.17. The van der Waals surface area contributed by atoms with Crippen LogP contribution in [0, 0.1) is 0 Å². The van der Waals surface area contributed by atoms with E-state index in [1.165, 1.54) is 0 Å². The van der Waals surface area contributed by atoms with Crippen LogP contribution in [0.5, 0.6) is 11.5 Å². The van der Waals surface area contributed by atoms with Gasteiger partial charge in [-0.2, -0.15) is 0 Å². The van der Waals surface area contributed by atoms with Gasteiger partial charge in [0, 0.05) is 11.8 Å². The van der Waals surface area contributed by atoms with Gasteiger partial charge in [-0.25, -0.2) is 4.99 Å². The predicted molar refractivity (Wildman–Crippen MR) is 121 cm³/mol. The van der Waals surface area contributed by atoms with E-state index in [9.17, 15) is 0 Å². The number of benzene rings is 2. The summed E-state index contributed by atoms with van der Waals surface area (Å²) in [7, 11) is 1.63. The van der Waals surface area contributed by atoms with Gasteiger partial charge in [-0.1, -0.05) is 30.3 Å². The topological polar surface area (TPSA) is 116 Å². The molecule has 3 aromatic rings. The number of nitrogens with zero attached hydrogens (tertiary/aromatic N) is 2. The lowest BCUT2D eigenvalue weighted by atomic mass is 9.83. The van der Waals surface area contributed by atoms with E-state index in [1.54, 1.807) is 13.3 Å². The number of rotatable bonds is 6. The Morgan fingerprint density at radius 2 is 1.84 bits per heavy atom. The van der Waals surface area contributed by atoms with Crippen LogP contribution in [0.15, 0.2) is 72.0 Å². The predicted octanol–water partition coefficient (Wildman–Crippen LogP) is 3.45. The Labute approximate surface area is 186 Å². The molecule has 32 heavy (non-hydrogen) atoms. The van der Waals surface area contributed by atoms with Crippen LogP contribution in [0.1, 0.15) is 18.1 Å². The van der Waals surface area contributed by atoms with Crippen molar-refractivity contribution in [2.24, 2.45) is 10.7 Å². The van der Waals surface area contributed by atoms with Gasteiger partial charge in [0.25, 0.3) is 12.5 Å². The standard InChI is InChI=1S/C23H23N3O3.CH2O2/c1-3-28-20-9-7-18(8-10-20)23(15-29-22(24)26-23)19-6-4-5-16(11-19)17-12-21(27-2)14-25-13-17;2-1-3/h4-14H,3,15H2,1-2H3,(H2,24,26);1H,(H,2,3). The van der Waals surface area contributed by atoms with E-state index in [0.717, 1.165) is 28.0 Å². The summed E-state index contributed by atoms with van der Waals surface area (Å²) < 4.78 is 16.5. The number of carbonyl (C=O) groups is 1. The maximum Gasteiger partial charge on any atom is 0.290 e. The number of carboxylic acid groups (broad SMARTS) is 1. The van der Waals surface area contributed by atoms with Crippen molar-refractivity contribution in [3.05, 3.63) is 78.1 Å². The fraction of sp³-hybridized carbons (Fsp3) is 0.208. The lowest BCUT2D eigenvalue weighted by molar-refractivity contribution is -0.122. The Balaban J connectivity index is 0.000000913. The van der Waals surface area contributed by atoms with Crippen LogP contribution in [0.3, 0.4) is 0 Å². The van der Waals surface area contributed by atoms with E-state index in [1.807, 2.05) is 61.7 Å². The van der Waals surface area contributed by atoms with Crippen LogP contribution >= 0.6 is 0 Å². The van der Waals surface area contributed by atoms with E-state index in [4.69, 9.17) is 34.8 Å². The van der Waals surface area contributed by atoms with Gasteiger partial charge in [-0.05, 0) is 47.9 Å². The summed E-state index contributed by atoms with van der Waals surface area (Å²) in [5, 5.41) is 6.89. The van der Waals surface area contributed by atoms with Crippen molar-refractivity contribution >= 4 is 12.5 Å². The van der Waals surface area contributed by atoms with E-state index < -0.39 is 5.54 Å². The van der Waals surface area contributed by atoms with Crippen LogP contribution < -0.4 is 15.2 Å². The Morgan fingerprint density at radius 3 is 2.47 bits per heavy atom. The molecule has 0 aliphatic carbocycles. The van der Waals surface area contributed by atoms with Crippen LogP contribution in [0.2, 0.25) is 0 Å². The molecule has 1 aliphatic heterocycles. The summed E-state index contributed by atoms with van der Waals surface area (Å²) >= 11 is 0. The molecule has 8 heteroatoms. The fourth-order valence-electron chi connectivity index (χ4n) is 3.53. The minimum absolute atomic E-state index is 0.187. The normalized spacial score (nSPS) is 16.8. The van der Waals surface area contributed by atoms with Gasteiger partial charge in [0.05, 0.1) is 19.9 Å². The van der Waals surface area contributed by atoms with Crippen molar-refractivity contribution in [1.82, 2.24) is 4.98 Å². The summed E-state index contributed by atoms with van der Waals surface area (Å²) in [6, 6.07) is 18.2. The lowest BCUT2D eigenvalue weighted by Gasteiger charge is -2.26. The quantitative estimate of drug-likeness (QED) is 0.570. The number of aromatic nitrogens is 1. The first-order chi connectivity index (χ1) is 15.6. The summed E-state index contributed by atoms with van der Waals surface area (Å²) in [5.74, 6) is 1.53. The Hall–Kier alpha value is -4.07. The van der Waals surface area contributed by atoms with Crippen molar-refractivity contribution in [1.29, 1.82) is 0 Å². The first-order valence-corrected chi connectivity index (χ1v) is 9.95. The molecule has 2 heterocycles. The molecule has 1 aromatic heterocycles. The maximum atomic E-state index is 8.36. The van der Waals surface area contributed by atoms with Gasteiger partial charge in [0.2, 0.25) is 0 Å². The number of hydrogen-bond acceptors (Lipinski definition) is 7. The van der Waals surface area contributed by atoms with E-state index in [2.05, 4.69) is 11.1 Å². The molecular weight excluding hydrogens is 410 g/mol. The molecule has 0 saturated carbocycles. The molecule has 166 valence electrons. The molecule has 0 spiro atoms. The zero-order chi connectivity index (χ0) is 23.0. The van der Waals surface area contributed by atoms with Gasteiger partial charge in [0.1, 0.15) is 18.1 Å². The first-order valence-electron chi connectivity index (χ1n) is 9.95. The largest absolute Gasteiger partial charge is 0.495 e. The second-order valence-electron chi connectivity index (χ2n) is 6.86. The first kappa shape index (κ1) is 22.6. The minimum atomic E-state index is -0.711. The highest BCUT2D eigenvalue weighted by atomic mass is 16.5. The monoisotopic (exact) mass is 435 g/mol. The Kier molecular flexibility index (Phi) is 7.28. The van der Waals surface area contributed by atoms with Crippen LogP contribution in [0.4, 0.5) is 0 Å². The molecule has 0 radical (unpaired) electrons. The molecule has 1 unspecified atom stereocenters. The number of nitrogens with two attached hydrogens (primary N) is 1. The fourth-order valence-corrected chi connectivity index (χ4v) is 3.53. The van der Waals surface area contributed by atoms with Crippen LogP contribution in [0.25, 0.3) is 11.1 Å². The lowest BCUT2D eigenvalue weighted by Crippen LogP contribution is -2.27. The van der Waals surface area contributed by atoms with Gasteiger partial charge in [-0.15, -0.1) is 0 Å². The third-order valence-corrected chi connectivity index (χ3v) is 5.00. The van der Waals surface area contributed by atoms with Gasteiger partial charge < -0.3 is 25.1 Å². The molecule has 0 amide bonds. The third-order valence-electron chi connectivity index (χ3n) is 5.00. The number of pyridine rings is 1. The SMILES string of the molecule is CCOc1ccc(C2(c3cccc(-c4cncc(OC)c4)c3)COC(N)=N2)cc1.O=CO. The average molecular weight is 435 g/mol. The second-order valence-corrected chi connectivity index (χ2v) is 6.86. The van der Waals surface area contributed by atoms with E-state index >= 15 is 0 Å². The number of methoxy groups -OCH3 is 1. The average Bonchev–Trinajstić information content (AvgIpc) is 3.23. The molecular formula is C24H25N3O5. The molecule has 2 aromatic carbocycles. The summed E-state index contributed by atoms with van der Waals surface area (Å²) in [6.45, 7) is 2.67. The van der Waals surface area contributed by atoms with Crippen molar-refractivity contribution in [3.63, 3.8) is 0 Å². The van der Waals surface area contributed by atoms with Gasteiger partial charge >= 0.3 is 0 Å². The van der Waals surface area contributed by atoms with Crippen molar-refractivity contribution < 1.29 is 24.1 Å². The second kappa shape index (κ2) is 10.3. The van der Waals surface area contributed by atoms with Crippen molar-refractivity contribution in [2.45, 2.75) is 12.5 Å². The van der Waals surface area contributed by atoms with Gasteiger partial charge in [-0.3, -0.25) is 9.78 Å². The van der Waals surface area contributed by atoms with Crippen molar-refractivity contribution in [3.8, 4) is 22.6 Å². The summed E-state index contributed by atoms with van der Waals surface area (Å²) in [4.78, 5) is 17.3. The smallest absolute Gasteiger partial charge is 0.290 e. The Bertz CT molecular complexity index is 1090. The minimum Gasteiger partial charge on any atom is -0.495 e.